The van der Waals surface area contributed by atoms with E-state index < -0.39 is 46.7 Å². The van der Waals surface area contributed by atoms with Gasteiger partial charge in [-0.3, -0.25) is 4.90 Å². The number of fused-ring (bicyclic) bond motifs is 4. The Morgan fingerprint density at radius 1 is 0.388 bits per heavy atom. The summed E-state index contributed by atoms with van der Waals surface area (Å²) in [4.78, 5) is 24.1. The molecule has 0 unspecified atom stereocenters. The zero-order chi connectivity index (χ0) is 92.4. The first-order valence-corrected chi connectivity index (χ1v) is 52.2. The summed E-state index contributed by atoms with van der Waals surface area (Å²) in [6.45, 7) is 15.0. The second kappa shape index (κ2) is 41.4. The highest BCUT2D eigenvalue weighted by atomic mass is 32.2. The summed E-state index contributed by atoms with van der Waals surface area (Å²) >= 11 is 6.21. The third-order valence-corrected chi connectivity index (χ3v) is 29.8. The molecular weight excluding hydrogens is 1790 g/mol. The van der Waals surface area contributed by atoms with E-state index in [0.717, 1.165) is 174 Å². The van der Waals surface area contributed by atoms with Gasteiger partial charge in [-0.25, -0.2) is 72.5 Å². The molecule has 26 nitrogen and oxygen atoms in total. The molecule has 12 aromatic rings. The fourth-order valence-corrected chi connectivity index (χ4v) is 23.9. The lowest BCUT2D eigenvalue weighted by molar-refractivity contribution is 0.241. The predicted octanol–water partition coefficient (Wildman–Crippen LogP) is 17.9. The minimum atomic E-state index is -3.53. The Morgan fingerprint density at radius 2 is 0.636 bits per heavy atom. The molecular formula is C95H99N13O13S8. The van der Waals surface area contributed by atoms with Gasteiger partial charge in [-0.1, -0.05) is 72.8 Å². The first kappa shape index (κ1) is 95.6. The molecule has 0 radical (unpaired) electrons. The van der Waals surface area contributed by atoms with Gasteiger partial charge in [0, 0.05) is 71.2 Å². The lowest BCUT2D eigenvalue weighted by Crippen LogP contribution is -2.34. The van der Waals surface area contributed by atoms with Gasteiger partial charge in [0.1, 0.15) is 73.2 Å². The Hall–Kier alpha value is -11.0. The standard InChI is InChI=1S/C25H28N4O3S2.C24H25N3O4S2.2C23H23N3O3S2/c1-16(2)32-23-11-8-17(12-18(23)13-26)25-27-14-24(33-25)21-7-5-6-20-19(21)9-10-22(20)28-34(30,31)15-29(3)4;1-15(2)31-22-9-6-16(12-17(22)13-25)24-26-14-23(32-24)20-5-3-4-19-18(20)7-8-21(19)27-33(29,30)11-10-28;2*1-14(2)29-21-10-7-15(11-16(21)12-24)23-25-13-22(30-23)19-6-4-5-18-17(19)8-9-20(18)26-31(3,27)28/h5-8,11-12,14,16,22,28H,9-10,15H2,1-4H3;3-6,9,12,14-15,21,27-28H,7-8,10-11H2,1-2H3;2*4-7,10-11,13-14,20,26H,8-9H2,1-3H3/t22-;21-;2*20-/m1010/s1. The molecule has 4 atom stereocenters. The lowest BCUT2D eigenvalue weighted by atomic mass is 10.0. The van der Waals surface area contributed by atoms with E-state index in [0.29, 0.717) is 51.7 Å². The Balaban J connectivity index is 0.000000147. The Bertz CT molecular complexity index is 6620. The van der Waals surface area contributed by atoms with Crippen LogP contribution in [0.1, 0.15) is 172 Å². The number of hydrogen-bond acceptors (Lipinski definition) is 26. The van der Waals surface area contributed by atoms with E-state index in [1.807, 2.05) is 195 Å². The van der Waals surface area contributed by atoms with Crippen molar-refractivity contribution in [2.45, 2.75) is 155 Å². The van der Waals surface area contributed by atoms with Gasteiger partial charge in [0.2, 0.25) is 40.1 Å². The van der Waals surface area contributed by atoms with Gasteiger partial charge < -0.3 is 24.1 Å². The van der Waals surface area contributed by atoms with Crippen molar-refractivity contribution >= 4 is 85.4 Å². The van der Waals surface area contributed by atoms with Gasteiger partial charge >= 0.3 is 0 Å². The van der Waals surface area contributed by atoms with Crippen LogP contribution in [-0.2, 0) is 65.8 Å². The topological polar surface area (TPSA) is 392 Å². The summed E-state index contributed by atoms with van der Waals surface area (Å²) in [5.41, 5.74) is 18.3. The highest BCUT2D eigenvalue weighted by Gasteiger charge is 2.34. The molecule has 4 aliphatic rings. The van der Waals surface area contributed by atoms with Crippen LogP contribution in [0.25, 0.3) is 84.0 Å². The largest absolute Gasteiger partial charge is 0.490 e. The molecule has 0 saturated carbocycles. The van der Waals surface area contributed by atoms with Crippen LogP contribution < -0.4 is 37.8 Å². The number of nitrogens with zero attached hydrogens (tertiary/aromatic N) is 9. The number of nitriles is 4. The average molecular weight is 1890 g/mol. The molecule has 4 heterocycles. The van der Waals surface area contributed by atoms with Crippen LogP contribution in [0, 0.1) is 45.3 Å². The summed E-state index contributed by atoms with van der Waals surface area (Å²) < 4.78 is 130. The van der Waals surface area contributed by atoms with Crippen LogP contribution >= 0.6 is 45.3 Å². The van der Waals surface area contributed by atoms with Crippen LogP contribution in [0.4, 0.5) is 0 Å². The van der Waals surface area contributed by atoms with E-state index in [4.69, 9.17) is 24.1 Å². The second-order valence-electron chi connectivity index (χ2n) is 32.8. The maximum Gasteiger partial charge on any atom is 0.225 e. The normalized spacial score (nSPS) is 15.6. The second-order valence-corrected chi connectivity index (χ2v) is 44.1. The number of aliphatic hydroxyl groups is 1. The van der Waals surface area contributed by atoms with E-state index in [1.54, 1.807) is 65.1 Å². The van der Waals surface area contributed by atoms with Crippen molar-refractivity contribution in [1.29, 1.82) is 21.0 Å². The Labute approximate surface area is 770 Å². The highest BCUT2D eigenvalue weighted by Crippen LogP contribution is 2.48. The van der Waals surface area contributed by atoms with E-state index in [1.165, 1.54) is 23.8 Å². The summed E-state index contributed by atoms with van der Waals surface area (Å²) in [6, 6.07) is 54.0. The van der Waals surface area contributed by atoms with E-state index >= 15 is 0 Å². The first-order valence-electron chi connectivity index (χ1n) is 41.8. The lowest BCUT2D eigenvalue weighted by Gasteiger charge is -2.17. The van der Waals surface area contributed by atoms with Crippen LogP contribution in [-0.4, -0.2) is 133 Å². The van der Waals surface area contributed by atoms with Gasteiger partial charge in [-0.15, -0.1) is 45.3 Å². The fraction of sp³-hybridized carbons (Fsp3) is 0.326. The summed E-state index contributed by atoms with van der Waals surface area (Å²) in [5.74, 6) is 1.93. The van der Waals surface area contributed by atoms with Gasteiger partial charge in [-0.05, 0) is 260 Å². The molecule has 0 aliphatic heterocycles. The molecule has 5 N–H and O–H groups in total. The van der Waals surface area contributed by atoms with Gasteiger partial charge in [-0.2, -0.15) is 21.0 Å². The highest BCUT2D eigenvalue weighted by molar-refractivity contribution is 7.90. The van der Waals surface area contributed by atoms with Crippen molar-refractivity contribution in [3.8, 4) is 131 Å². The number of nitrogens with one attached hydrogen (secondary N) is 4. The Kier molecular flexibility index (Phi) is 30.7. The van der Waals surface area contributed by atoms with Crippen LogP contribution in [0.15, 0.2) is 170 Å². The van der Waals surface area contributed by atoms with Crippen molar-refractivity contribution in [2.24, 2.45) is 0 Å². The summed E-state index contributed by atoms with van der Waals surface area (Å²) in [5, 5.41) is 50.3. The molecule has 0 bridgehead atoms. The average Bonchev–Trinajstić information content (AvgIpc) is 1.64. The molecule has 34 heteroatoms. The van der Waals surface area contributed by atoms with Gasteiger partial charge in [0.15, 0.2) is 0 Å². The van der Waals surface area contributed by atoms with Crippen molar-refractivity contribution in [2.75, 3.05) is 44.8 Å². The van der Waals surface area contributed by atoms with Crippen LogP contribution in [0.2, 0.25) is 0 Å². The smallest absolute Gasteiger partial charge is 0.225 e. The van der Waals surface area contributed by atoms with E-state index in [9.17, 15) is 54.7 Å². The van der Waals surface area contributed by atoms with E-state index in [-0.39, 0.29) is 60.2 Å². The molecule has 8 aromatic carbocycles. The number of sulfonamides is 4. The molecule has 0 spiro atoms. The molecule has 129 heavy (non-hydrogen) atoms. The van der Waals surface area contributed by atoms with Gasteiger partial charge in [0.05, 0.1) is 91.0 Å². The zero-order valence-corrected chi connectivity index (χ0v) is 79.7. The SMILES string of the molecule is CC(C)Oc1ccc(-c2ncc(-c3cccc4c3CC[C@@H]4NS(=O)(=O)CCO)s2)cc1C#N.CC(C)Oc1ccc(-c2ncc(-c3cccc4c3CC[C@@H]4NS(C)(=O)=O)s2)cc1C#N.CC(C)Oc1ccc(-c2ncc(-c3cccc4c3CC[C@H]4NS(=O)(=O)CN(C)C)s2)cc1C#N.CC(C)Oc1ccc(-c2ncc(-c3cccc4c3CC[C@H]4NS(C)(=O)=O)s2)cc1C#N. The number of aliphatic hydroxyl groups excluding tert-OH is 1. The van der Waals surface area contributed by atoms with Gasteiger partial charge in [0.25, 0.3) is 0 Å². The monoisotopic (exact) mass is 1890 g/mol. The third kappa shape index (κ3) is 24.0. The molecule has 4 aromatic heterocycles. The van der Waals surface area contributed by atoms with E-state index in [2.05, 4.69) is 81.3 Å². The van der Waals surface area contributed by atoms with Crippen molar-refractivity contribution in [1.82, 2.24) is 43.7 Å². The summed E-state index contributed by atoms with van der Waals surface area (Å²) in [7, 11) is -10.0. The quantitative estimate of drug-likeness (QED) is 0.0304. The van der Waals surface area contributed by atoms with Crippen molar-refractivity contribution in [3.63, 3.8) is 0 Å². The zero-order valence-electron chi connectivity index (χ0n) is 73.2. The maximum absolute atomic E-state index is 12.5. The predicted molar refractivity (Wildman–Crippen MR) is 509 cm³/mol. The number of hydrogen-bond donors (Lipinski definition) is 5. The molecule has 670 valence electrons. The molecule has 0 amide bonds. The number of thiazole rings is 4. The third-order valence-electron chi connectivity index (χ3n) is 21.2. The number of benzene rings is 8. The maximum atomic E-state index is 12.5. The minimum absolute atomic E-state index is 0.00870. The Morgan fingerprint density at radius 3 is 0.860 bits per heavy atom. The molecule has 4 aliphatic carbocycles. The summed E-state index contributed by atoms with van der Waals surface area (Å²) in [6.07, 6.45) is 15.8. The molecule has 0 fully saturated rings. The molecule has 0 saturated heterocycles. The van der Waals surface area contributed by atoms with Crippen LogP contribution in [0.5, 0.6) is 23.0 Å². The first-order chi connectivity index (χ1) is 61.5. The minimum Gasteiger partial charge on any atom is -0.490 e. The molecule has 16 rings (SSSR count). The van der Waals surface area contributed by atoms with Crippen molar-refractivity contribution < 1.29 is 57.7 Å². The fourth-order valence-electron chi connectivity index (χ4n) is 16.1. The number of aromatic nitrogens is 4. The van der Waals surface area contributed by atoms with Crippen molar-refractivity contribution in [3.05, 3.63) is 237 Å². The van der Waals surface area contributed by atoms with Crippen LogP contribution in [0.3, 0.4) is 0 Å². The number of ether oxygens (including phenoxy) is 4. The number of rotatable bonds is 28.